The summed E-state index contributed by atoms with van der Waals surface area (Å²) in [6.07, 6.45) is 9.93. The Morgan fingerprint density at radius 3 is 2.78 bits per heavy atom. The van der Waals surface area contributed by atoms with Gasteiger partial charge in [-0.2, -0.15) is 5.10 Å². The zero-order valence-corrected chi connectivity index (χ0v) is 14.8. The molecule has 2 N–H and O–H groups in total. The van der Waals surface area contributed by atoms with E-state index in [1.807, 2.05) is 16.9 Å². The number of amides is 1. The number of hydrogen-bond acceptors (Lipinski definition) is 5. The first-order valence-electron chi connectivity index (χ1n) is 9.22. The zero-order chi connectivity index (χ0) is 18.9. The highest BCUT2D eigenvalue weighted by Gasteiger charge is 2.42. The number of rotatable bonds is 4. The molecule has 2 aliphatic rings. The van der Waals surface area contributed by atoms with E-state index in [9.17, 15) is 13.6 Å². The predicted molar refractivity (Wildman–Crippen MR) is 94.0 cm³/mol. The highest BCUT2D eigenvalue weighted by Crippen LogP contribution is 2.30. The molecule has 1 aliphatic heterocycles. The fourth-order valence-corrected chi connectivity index (χ4v) is 3.82. The molecule has 0 bridgehead atoms. The van der Waals surface area contributed by atoms with Gasteiger partial charge in [-0.25, -0.2) is 18.7 Å². The van der Waals surface area contributed by atoms with Crippen LogP contribution in [0, 0.1) is 0 Å². The molecule has 1 atom stereocenters. The first kappa shape index (κ1) is 18.0. The molecule has 0 aromatic carbocycles. The minimum absolute atomic E-state index is 0.0293. The highest BCUT2D eigenvalue weighted by molar-refractivity contribution is 5.82. The molecule has 3 heterocycles. The number of hydrogen-bond donors (Lipinski definition) is 2. The topological polar surface area (TPSA) is 84.7 Å². The van der Waals surface area contributed by atoms with E-state index < -0.39 is 24.9 Å². The summed E-state index contributed by atoms with van der Waals surface area (Å²) in [6.45, 7) is -0.425. The summed E-state index contributed by atoms with van der Waals surface area (Å²) in [5, 5.41) is 9.98. The third kappa shape index (κ3) is 4.13. The molecule has 1 aliphatic carbocycles. The van der Waals surface area contributed by atoms with Crippen LogP contribution in [0.2, 0.25) is 0 Å². The minimum atomic E-state index is -2.79. The van der Waals surface area contributed by atoms with Gasteiger partial charge in [0.25, 0.3) is 5.92 Å². The Morgan fingerprint density at radius 1 is 1.30 bits per heavy atom. The molecule has 0 radical (unpaired) electrons. The quantitative estimate of drug-likeness (QED) is 0.852. The van der Waals surface area contributed by atoms with Gasteiger partial charge in [0, 0.05) is 30.4 Å². The van der Waals surface area contributed by atoms with Crippen LogP contribution in [0.15, 0.2) is 31.0 Å². The lowest BCUT2D eigenvalue weighted by Crippen LogP contribution is -2.46. The van der Waals surface area contributed by atoms with Gasteiger partial charge >= 0.3 is 0 Å². The lowest BCUT2D eigenvalue weighted by atomic mass is 9.91. The highest BCUT2D eigenvalue weighted by atomic mass is 19.3. The monoisotopic (exact) mass is 376 g/mol. The molecular weight excluding hydrogens is 354 g/mol. The van der Waals surface area contributed by atoms with Crippen molar-refractivity contribution >= 4 is 5.91 Å². The maximum atomic E-state index is 13.2. The van der Waals surface area contributed by atoms with E-state index in [4.69, 9.17) is 0 Å². The Hall–Kier alpha value is -2.42. The van der Waals surface area contributed by atoms with Gasteiger partial charge in [-0.3, -0.25) is 14.8 Å². The van der Waals surface area contributed by atoms with Crippen LogP contribution in [0.4, 0.5) is 8.78 Å². The number of alkyl halides is 2. The average Bonchev–Trinajstić information content (AvgIpc) is 3.30. The smallest absolute Gasteiger partial charge is 0.262 e. The van der Waals surface area contributed by atoms with E-state index in [0.29, 0.717) is 0 Å². The van der Waals surface area contributed by atoms with Crippen LogP contribution in [0.25, 0.3) is 11.3 Å². The van der Waals surface area contributed by atoms with Crippen molar-refractivity contribution < 1.29 is 13.6 Å². The first-order chi connectivity index (χ1) is 13.0. The van der Waals surface area contributed by atoms with Crippen LogP contribution in [0.5, 0.6) is 0 Å². The summed E-state index contributed by atoms with van der Waals surface area (Å²) in [6, 6.07) is 1.34. The van der Waals surface area contributed by atoms with E-state index in [0.717, 1.165) is 36.9 Å². The van der Waals surface area contributed by atoms with Crippen molar-refractivity contribution in [3.63, 3.8) is 0 Å². The minimum Gasteiger partial charge on any atom is -0.352 e. The summed E-state index contributed by atoms with van der Waals surface area (Å²) in [7, 11) is 0. The van der Waals surface area contributed by atoms with Gasteiger partial charge in [0.2, 0.25) is 5.91 Å². The number of aromatic nitrogens is 4. The maximum Gasteiger partial charge on any atom is 0.262 e. The van der Waals surface area contributed by atoms with Crippen LogP contribution in [-0.2, 0) is 4.79 Å². The summed E-state index contributed by atoms with van der Waals surface area (Å²) in [4.78, 5) is 20.3. The molecule has 0 spiro atoms. The second-order valence-electron chi connectivity index (χ2n) is 7.31. The van der Waals surface area contributed by atoms with Crippen molar-refractivity contribution in [1.82, 2.24) is 30.4 Å². The predicted octanol–water partition coefficient (Wildman–Crippen LogP) is 1.94. The third-order valence-corrected chi connectivity index (χ3v) is 5.32. The third-order valence-electron chi connectivity index (χ3n) is 5.32. The van der Waals surface area contributed by atoms with E-state index in [1.165, 1.54) is 6.33 Å². The average molecular weight is 376 g/mol. The molecule has 7 nitrogen and oxygen atoms in total. The van der Waals surface area contributed by atoms with E-state index >= 15 is 0 Å². The van der Waals surface area contributed by atoms with Crippen LogP contribution in [-0.4, -0.2) is 50.2 Å². The summed E-state index contributed by atoms with van der Waals surface area (Å²) < 4.78 is 28.4. The number of nitrogens with zero attached hydrogens (tertiary/aromatic N) is 4. The molecule has 27 heavy (non-hydrogen) atoms. The van der Waals surface area contributed by atoms with Crippen LogP contribution < -0.4 is 10.6 Å². The molecule has 0 unspecified atom stereocenters. The summed E-state index contributed by atoms with van der Waals surface area (Å²) >= 11 is 0. The molecule has 2 aromatic heterocycles. The molecule has 1 saturated carbocycles. The van der Waals surface area contributed by atoms with Gasteiger partial charge in [-0.15, -0.1) is 0 Å². The van der Waals surface area contributed by atoms with Crippen molar-refractivity contribution in [3.8, 4) is 11.3 Å². The number of carbonyl (C=O) groups excluding carboxylic acids is 1. The Labute approximate surface area is 155 Å². The molecule has 1 saturated heterocycles. The van der Waals surface area contributed by atoms with Gasteiger partial charge in [-0.05, 0) is 31.7 Å². The molecule has 2 fully saturated rings. The summed E-state index contributed by atoms with van der Waals surface area (Å²) in [5.41, 5.74) is 1.78. The second kappa shape index (κ2) is 7.30. The van der Waals surface area contributed by atoms with Crippen LogP contribution >= 0.6 is 0 Å². The zero-order valence-electron chi connectivity index (χ0n) is 14.8. The van der Waals surface area contributed by atoms with Gasteiger partial charge in [0.05, 0.1) is 30.5 Å². The van der Waals surface area contributed by atoms with Gasteiger partial charge in [-0.1, -0.05) is 0 Å². The molecular formula is C18H22F2N6O. The first-order valence-corrected chi connectivity index (χ1v) is 9.22. The van der Waals surface area contributed by atoms with E-state index in [-0.39, 0.29) is 18.0 Å². The van der Waals surface area contributed by atoms with Crippen molar-refractivity contribution in [1.29, 1.82) is 0 Å². The lowest BCUT2D eigenvalue weighted by Gasteiger charge is -2.30. The second-order valence-corrected chi connectivity index (χ2v) is 7.31. The molecule has 144 valence electrons. The fraction of sp³-hybridized carbons (Fsp3) is 0.556. The normalized spacial score (nSPS) is 27.4. The molecule has 9 heteroatoms. The SMILES string of the molecule is O=C(NC1CCC(n2cc(-c3ccncn3)cn2)CC1)[C@@H]1CC(F)(F)CN1. The van der Waals surface area contributed by atoms with E-state index in [2.05, 4.69) is 25.7 Å². The van der Waals surface area contributed by atoms with Gasteiger partial charge in [0.1, 0.15) is 6.33 Å². The van der Waals surface area contributed by atoms with Crippen molar-refractivity contribution in [2.75, 3.05) is 6.54 Å². The summed E-state index contributed by atoms with van der Waals surface area (Å²) in [5.74, 6) is -3.11. The maximum absolute atomic E-state index is 13.2. The number of carbonyl (C=O) groups is 1. The Morgan fingerprint density at radius 2 is 2.11 bits per heavy atom. The fourth-order valence-electron chi connectivity index (χ4n) is 3.82. The van der Waals surface area contributed by atoms with Crippen molar-refractivity contribution in [3.05, 3.63) is 31.0 Å². The van der Waals surface area contributed by atoms with Crippen LogP contribution in [0.3, 0.4) is 0 Å². The van der Waals surface area contributed by atoms with Crippen molar-refractivity contribution in [2.24, 2.45) is 0 Å². The molecule has 2 aromatic rings. The Balaban J connectivity index is 1.29. The number of halogens is 2. The van der Waals surface area contributed by atoms with Gasteiger partial charge in [0.15, 0.2) is 0 Å². The Bertz CT molecular complexity index is 788. The molecule has 4 rings (SSSR count). The molecule has 1 amide bonds. The lowest BCUT2D eigenvalue weighted by molar-refractivity contribution is -0.124. The Kier molecular flexibility index (Phi) is 4.86. The number of nitrogens with one attached hydrogen (secondary N) is 2. The van der Waals surface area contributed by atoms with Gasteiger partial charge < -0.3 is 5.32 Å². The largest absolute Gasteiger partial charge is 0.352 e. The van der Waals surface area contributed by atoms with E-state index in [1.54, 1.807) is 12.4 Å². The van der Waals surface area contributed by atoms with Crippen molar-refractivity contribution in [2.45, 2.75) is 56.2 Å². The standard InChI is InChI=1S/C18H22F2N6O/c19-18(20)7-16(22-10-18)17(27)25-13-1-3-14(4-2-13)26-9-12(8-24-26)15-5-6-21-11-23-15/h5-6,8-9,11,13-14,16,22H,1-4,7,10H2,(H,25,27)/t13?,14?,16-/m0/s1. The van der Waals surface area contributed by atoms with Crippen LogP contribution in [0.1, 0.15) is 38.1 Å².